The van der Waals surface area contributed by atoms with Gasteiger partial charge in [-0.1, -0.05) is 6.92 Å². The first-order valence-electron chi connectivity index (χ1n) is 11.9. The lowest BCUT2D eigenvalue weighted by molar-refractivity contribution is 0.122. The van der Waals surface area contributed by atoms with E-state index in [4.69, 9.17) is 14.7 Å². The van der Waals surface area contributed by atoms with E-state index in [1.807, 2.05) is 12.4 Å². The zero-order valence-electron chi connectivity index (χ0n) is 19.3. The van der Waals surface area contributed by atoms with Crippen molar-refractivity contribution in [3.63, 3.8) is 0 Å². The molecular weight excluding hydrogens is 390 g/mol. The third-order valence-electron chi connectivity index (χ3n) is 7.10. The number of pyridine rings is 1. The fourth-order valence-electron chi connectivity index (χ4n) is 4.84. The predicted molar refractivity (Wildman–Crippen MR) is 124 cm³/mol. The van der Waals surface area contributed by atoms with Crippen molar-refractivity contribution in [1.29, 1.82) is 0 Å². The maximum atomic E-state index is 9.95. The van der Waals surface area contributed by atoms with E-state index in [1.54, 1.807) is 0 Å². The van der Waals surface area contributed by atoms with Gasteiger partial charge in [-0.15, -0.1) is 0 Å². The maximum absolute atomic E-state index is 9.95. The van der Waals surface area contributed by atoms with Crippen LogP contribution in [0.1, 0.15) is 76.7 Å². The largest absolute Gasteiger partial charge is 0.474 e. The van der Waals surface area contributed by atoms with E-state index in [-0.39, 0.29) is 12.2 Å². The van der Waals surface area contributed by atoms with E-state index in [9.17, 15) is 5.11 Å². The molecular formula is C24H37N5O2. The molecule has 2 saturated carbocycles. The molecule has 0 saturated heterocycles. The van der Waals surface area contributed by atoms with Crippen LogP contribution in [0.2, 0.25) is 0 Å². The van der Waals surface area contributed by atoms with E-state index in [1.165, 1.54) is 0 Å². The summed E-state index contributed by atoms with van der Waals surface area (Å²) in [5, 5.41) is 14.2. The Morgan fingerprint density at radius 1 is 1.13 bits per heavy atom. The first-order valence-corrected chi connectivity index (χ1v) is 11.9. The summed E-state index contributed by atoms with van der Waals surface area (Å²) in [6, 6.07) is 0.872. The highest BCUT2D eigenvalue weighted by molar-refractivity contribution is 5.86. The Kier molecular flexibility index (Phi) is 6.92. The quantitative estimate of drug-likeness (QED) is 0.688. The molecule has 170 valence electrons. The average molecular weight is 428 g/mol. The van der Waals surface area contributed by atoms with Crippen LogP contribution in [0.25, 0.3) is 10.9 Å². The monoisotopic (exact) mass is 427 g/mol. The van der Waals surface area contributed by atoms with E-state index in [0.29, 0.717) is 29.8 Å². The molecule has 2 aromatic heterocycles. The molecule has 2 N–H and O–H groups in total. The molecule has 7 heteroatoms. The molecule has 0 unspecified atom stereocenters. The molecule has 3 atom stereocenters. The van der Waals surface area contributed by atoms with E-state index in [0.717, 1.165) is 67.8 Å². The summed E-state index contributed by atoms with van der Waals surface area (Å²) in [5.41, 5.74) is 2.09. The first-order chi connectivity index (χ1) is 14.9. The molecule has 0 amide bonds. The second-order valence-electron chi connectivity index (χ2n) is 9.60. The minimum atomic E-state index is -0.178. The summed E-state index contributed by atoms with van der Waals surface area (Å²) < 4.78 is 6.39. The van der Waals surface area contributed by atoms with Crippen molar-refractivity contribution in [2.45, 2.75) is 95.4 Å². The highest BCUT2D eigenvalue weighted by atomic mass is 16.5. The van der Waals surface area contributed by atoms with Gasteiger partial charge in [0.05, 0.1) is 17.0 Å². The standard InChI is InChI=1S/C24H37N5O2/c1-5-15(2)27-24-26-14-21-22(28-24)20(16-6-9-18(30)10-7-16)13-25-23(21)31-19-11-8-17(12-19)29(3)4/h13-19,30H,5-12H2,1-4H3,(H,26,27,28)/t15-,16-,17-,18-,19-/m0/s1. The van der Waals surface area contributed by atoms with Crippen LogP contribution in [0.5, 0.6) is 5.88 Å². The van der Waals surface area contributed by atoms with Crippen molar-refractivity contribution in [1.82, 2.24) is 19.9 Å². The number of aromatic nitrogens is 3. The number of nitrogens with zero attached hydrogens (tertiary/aromatic N) is 4. The zero-order chi connectivity index (χ0) is 22.0. The SMILES string of the molecule is CC[C@H](C)Nc1ncc2c(O[C@H]3CC[C@H](N(C)C)C3)ncc([C@H]3CC[C@H](O)CC3)c2n1. The van der Waals surface area contributed by atoms with Gasteiger partial charge in [-0.05, 0) is 78.3 Å². The fourth-order valence-corrected chi connectivity index (χ4v) is 4.84. The number of anilines is 1. The number of aliphatic hydroxyl groups excluding tert-OH is 1. The molecule has 0 radical (unpaired) electrons. The lowest BCUT2D eigenvalue weighted by Crippen LogP contribution is -2.26. The minimum Gasteiger partial charge on any atom is -0.474 e. The van der Waals surface area contributed by atoms with Gasteiger partial charge >= 0.3 is 0 Å². The molecule has 2 aromatic rings. The van der Waals surface area contributed by atoms with Gasteiger partial charge in [0.1, 0.15) is 6.10 Å². The zero-order valence-corrected chi connectivity index (χ0v) is 19.3. The molecule has 0 bridgehead atoms. The minimum absolute atomic E-state index is 0.177. The molecule has 0 spiro atoms. The smallest absolute Gasteiger partial charge is 0.224 e. The molecule has 31 heavy (non-hydrogen) atoms. The number of aliphatic hydroxyl groups is 1. The van der Waals surface area contributed by atoms with Crippen LogP contribution in [-0.4, -0.2) is 63.3 Å². The van der Waals surface area contributed by atoms with Crippen molar-refractivity contribution >= 4 is 16.9 Å². The third kappa shape index (κ3) is 5.09. The van der Waals surface area contributed by atoms with Crippen LogP contribution in [-0.2, 0) is 0 Å². The normalized spacial score (nSPS) is 27.5. The van der Waals surface area contributed by atoms with Gasteiger partial charge in [0.15, 0.2) is 0 Å². The maximum Gasteiger partial charge on any atom is 0.224 e. The van der Waals surface area contributed by atoms with E-state index >= 15 is 0 Å². The van der Waals surface area contributed by atoms with Crippen molar-refractivity contribution in [2.24, 2.45) is 0 Å². The molecule has 2 heterocycles. The van der Waals surface area contributed by atoms with Gasteiger partial charge in [-0.3, -0.25) is 0 Å². The third-order valence-corrected chi connectivity index (χ3v) is 7.10. The molecule has 0 aromatic carbocycles. The van der Waals surface area contributed by atoms with Crippen molar-refractivity contribution < 1.29 is 9.84 Å². The molecule has 2 aliphatic rings. The van der Waals surface area contributed by atoms with Gasteiger partial charge in [0.25, 0.3) is 0 Å². The van der Waals surface area contributed by atoms with Gasteiger partial charge in [-0.25, -0.2) is 15.0 Å². The van der Waals surface area contributed by atoms with Crippen LogP contribution < -0.4 is 10.1 Å². The Morgan fingerprint density at radius 2 is 1.90 bits per heavy atom. The Balaban J connectivity index is 1.65. The Labute approximate surface area is 185 Å². The topological polar surface area (TPSA) is 83.4 Å². The van der Waals surface area contributed by atoms with Crippen LogP contribution in [0.3, 0.4) is 0 Å². The van der Waals surface area contributed by atoms with Gasteiger partial charge in [0.2, 0.25) is 11.8 Å². The Bertz CT molecular complexity index is 882. The van der Waals surface area contributed by atoms with E-state index in [2.05, 4.69) is 43.1 Å². The molecule has 4 rings (SSSR count). The van der Waals surface area contributed by atoms with Crippen molar-refractivity contribution in [2.75, 3.05) is 19.4 Å². The number of nitrogens with one attached hydrogen (secondary N) is 1. The predicted octanol–water partition coefficient (Wildman–Crippen LogP) is 4.12. The summed E-state index contributed by atoms with van der Waals surface area (Å²) in [4.78, 5) is 16.5. The summed E-state index contributed by atoms with van der Waals surface area (Å²) in [6.45, 7) is 4.29. The molecule has 2 aliphatic carbocycles. The number of rotatable bonds is 7. The molecule has 7 nitrogen and oxygen atoms in total. The summed E-state index contributed by atoms with van der Waals surface area (Å²) >= 11 is 0. The number of fused-ring (bicyclic) bond motifs is 1. The van der Waals surface area contributed by atoms with Crippen molar-refractivity contribution in [3.05, 3.63) is 18.0 Å². The average Bonchev–Trinajstić information content (AvgIpc) is 3.23. The van der Waals surface area contributed by atoms with Gasteiger partial charge < -0.3 is 20.1 Å². The second-order valence-corrected chi connectivity index (χ2v) is 9.60. The number of ether oxygens (including phenoxy) is 1. The second kappa shape index (κ2) is 9.65. The highest BCUT2D eigenvalue weighted by Gasteiger charge is 2.29. The summed E-state index contributed by atoms with van der Waals surface area (Å²) in [6.07, 6.45) is 11.6. The Morgan fingerprint density at radius 3 is 2.58 bits per heavy atom. The highest BCUT2D eigenvalue weighted by Crippen LogP contribution is 2.38. The molecule has 0 aliphatic heterocycles. The van der Waals surface area contributed by atoms with Crippen LogP contribution in [0, 0.1) is 0 Å². The fraction of sp³-hybridized carbons (Fsp3) is 0.708. The molecule has 2 fully saturated rings. The van der Waals surface area contributed by atoms with Gasteiger partial charge in [-0.2, -0.15) is 0 Å². The van der Waals surface area contributed by atoms with Crippen molar-refractivity contribution in [3.8, 4) is 5.88 Å². The van der Waals surface area contributed by atoms with E-state index < -0.39 is 0 Å². The first kappa shape index (κ1) is 22.2. The van der Waals surface area contributed by atoms with Crippen LogP contribution >= 0.6 is 0 Å². The number of hydrogen-bond acceptors (Lipinski definition) is 7. The van der Waals surface area contributed by atoms with Crippen LogP contribution in [0.15, 0.2) is 12.4 Å². The Hall–Kier alpha value is -1.99. The lowest BCUT2D eigenvalue weighted by Gasteiger charge is -2.26. The summed E-state index contributed by atoms with van der Waals surface area (Å²) in [5.74, 6) is 1.67. The summed E-state index contributed by atoms with van der Waals surface area (Å²) in [7, 11) is 4.27. The lowest BCUT2D eigenvalue weighted by atomic mass is 9.83. The number of hydrogen-bond donors (Lipinski definition) is 2. The van der Waals surface area contributed by atoms with Crippen LogP contribution in [0.4, 0.5) is 5.95 Å². The van der Waals surface area contributed by atoms with Gasteiger partial charge in [0, 0.05) is 30.0 Å².